The summed E-state index contributed by atoms with van der Waals surface area (Å²) in [4.78, 5) is 24.6. The average Bonchev–Trinajstić information content (AvgIpc) is 2.52. The van der Waals surface area contributed by atoms with E-state index in [4.69, 9.17) is 11.6 Å². The Balaban J connectivity index is 2.25. The lowest BCUT2D eigenvalue weighted by Gasteiger charge is -2.13. The molecule has 0 fully saturated rings. The number of nitrogens with one attached hydrogen (secondary N) is 1. The fraction of sp³-hybridized carbons (Fsp3) is 0.125. The van der Waals surface area contributed by atoms with Gasteiger partial charge in [-0.1, -0.05) is 30.3 Å². The number of halogens is 1. The summed E-state index contributed by atoms with van der Waals surface area (Å²) in [6.07, 6.45) is 4.67. The maximum Gasteiger partial charge on any atom is 0.272 e. The summed E-state index contributed by atoms with van der Waals surface area (Å²) in [5.41, 5.74) is 1.95. The van der Waals surface area contributed by atoms with Crippen molar-refractivity contribution >= 4 is 35.3 Å². The summed E-state index contributed by atoms with van der Waals surface area (Å²) in [5, 5.41) is 3.28. The third kappa shape index (κ3) is 3.38. The maximum absolute atomic E-state index is 12.2. The number of allylic oxidation sites excluding steroid dienone is 2. The third-order valence-corrected chi connectivity index (χ3v) is 3.32. The molecule has 1 aromatic heterocycles. The summed E-state index contributed by atoms with van der Waals surface area (Å²) in [6, 6.07) is 4.92. The highest BCUT2D eigenvalue weighted by atomic mass is 35.5. The summed E-state index contributed by atoms with van der Waals surface area (Å²) in [6.45, 7) is 8.87. The zero-order chi connectivity index (χ0) is 16.1. The SMILES string of the molecule is C=C/C=C(\N=C)C(C)NC(=O)c1cnc2c(Cl)cccc2n1. The summed E-state index contributed by atoms with van der Waals surface area (Å²) < 4.78 is 0. The van der Waals surface area contributed by atoms with Crippen LogP contribution in [0.1, 0.15) is 17.4 Å². The predicted octanol–water partition coefficient (Wildman–Crippen LogP) is 3.17. The predicted molar refractivity (Wildman–Crippen MR) is 89.3 cm³/mol. The van der Waals surface area contributed by atoms with Crippen LogP contribution in [0.15, 0.2) is 53.8 Å². The topological polar surface area (TPSA) is 67.2 Å². The van der Waals surface area contributed by atoms with Gasteiger partial charge in [-0.15, -0.1) is 0 Å². The Morgan fingerprint density at radius 3 is 2.95 bits per heavy atom. The van der Waals surface area contributed by atoms with Crippen LogP contribution in [0.2, 0.25) is 5.02 Å². The van der Waals surface area contributed by atoms with Gasteiger partial charge in [0.25, 0.3) is 5.91 Å². The molecular weight excluding hydrogens is 300 g/mol. The fourth-order valence-electron chi connectivity index (χ4n) is 1.91. The van der Waals surface area contributed by atoms with E-state index in [1.165, 1.54) is 6.20 Å². The Kier molecular flexibility index (Phi) is 5.01. The lowest BCUT2D eigenvalue weighted by Crippen LogP contribution is -2.34. The number of carbonyl (C=O) groups is 1. The van der Waals surface area contributed by atoms with E-state index in [0.29, 0.717) is 21.8 Å². The first kappa shape index (κ1) is 15.9. The van der Waals surface area contributed by atoms with Gasteiger partial charge >= 0.3 is 0 Å². The van der Waals surface area contributed by atoms with Crippen LogP contribution < -0.4 is 5.32 Å². The molecule has 112 valence electrons. The molecule has 1 unspecified atom stereocenters. The molecule has 0 aliphatic carbocycles. The molecule has 0 spiro atoms. The number of para-hydroxylation sites is 1. The normalized spacial score (nSPS) is 12.7. The highest BCUT2D eigenvalue weighted by Crippen LogP contribution is 2.19. The minimum absolute atomic E-state index is 0.212. The molecule has 1 aromatic carbocycles. The largest absolute Gasteiger partial charge is 0.343 e. The number of aliphatic imine (C=N–C) groups is 1. The first-order chi connectivity index (χ1) is 10.6. The molecule has 2 rings (SSSR count). The molecule has 1 amide bonds. The number of hydrogen-bond donors (Lipinski definition) is 1. The highest BCUT2D eigenvalue weighted by molar-refractivity contribution is 6.34. The van der Waals surface area contributed by atoms with E-state index < -0.39 is 0 Å². The van der Waals surface area contributed by atoms with E-state index in [1.54, 1.807) is 37.3 Å². The van der Waals surface area contributed by atoms with Gasteiger partial charge in [-0.05, 0) is 31.9 Å². The van der Waals surface area contributed by atoms with Crippen molar-refractivity contribution < 1.29 is 4.79 Å². The van der Waals surface area contributed by atoms with Crippen molar-refractivity contribution in [3.8, 4) is 0 Å². The number of hydrogen-bond acceptors (Lipinski definition) is 4. The van der Waals surface area contributed by atoms with E-state index in [-0.39, 0.29) is 17.6 Å². The van der Waals surface area contributed by atoms with Crippen LogP contribution in [0.3, 0.4) is 0 Å². The monoisotopic (exact) mass is 314 g/mol. The van der Waals surface area contributed by atoms with Gasteiger partial charge in [0.05, 0.1) is 28.5 Å². The lowest BCUT2D eigenvalue weighted by molar-refractivity contribution is 0.0940. The van der Waals surface area contributed by atoms with Crippen LogP contribution in [0.4, 0.5) is 0 Å². The van der Waals surface area contributed by atoms with E-state index in [9.17, 15) is 4.79 Å². The van der Waals surface area contributed by atoms with Crippen LogP contribution in [0, 0.1) is 0 Å². The van der Waals surface area contributed by atoms with E-state index >= 15 is 0 Å². The second-order valence-corrected chi connectivity index (χ2v) is 4.95. The first-order valence-corrected chi connectivity index (χ1v) is 6.96. The van der Waals surface area contributed by atoms with Gasteiger partial charge in [-0.25, -0.2) is 4.98 Å². The number of carbonyl (C=O) groups excluding carboxylic acids is 1. The molecule has 1 heterocycles. The van der Waals surface area contributed by atoms with Gasteiger partial charge < -0.3 is 5.32 Å². The number of nitrogens with zero attached hydrogens (tertiary/aromatic N) is 3. The Labute approximate surface area is 133 Å². The van der Waals surface area contributed by atoms with Crippen molar-refractivity contribution in [1.29, 1.82) is 0 Å². The van der Waals surface area contributed by atoms with Crippen LogP contribution in [-0.4, -0.2) is 28.6 Å². The molecule has 0 saturated heterocycles. The van der Waals surface area contributed by atoms with Gasteiger partial charge in [-0.3, -0.25) is 14.8 Å². The molecular formula is C16H15ClN4O. The van der Waals surface area contributed by atoms with Crippen molar-refractivity contribution in [3.05, 3.63) is 59.5 Å². The van der Waals surface area contributed by atoms with Crippen LogP contribution in [0.5, 0.6) is 0 Å². The van der Waals surface area contributed by atoms with Crippen molar-refractivity contribution in [2.75, 3.05) is 0 Å². The van der Waals surface area contributed by atoms with Crippen molar-refractivity contribution in [2.24, 2.45) is 4.99 Å². The number of benzene rings is 1. The van der Waals surface area contributed by atoms with Crippen molar-refractivity contribution in [1.82, 2.24) is 15.3 Å². The molecule has 0 aliphatic heterocycles. The highest BCUT2D eigenvalue weighted by Gasteiger charge is 2.15. The summed E-state index contributed by atoms with van der Waals surface area (Å²) in [5.74, 6) is -0.347. The first-order valence-electron chi connectivity index (χ1n) is 6.58. The molecule has 0 radical (unpaired) electrons. The molecule has 6 heteroatoms. The molecule has 1 atom stereocenters. The third-order valence-electron chi connectivity index (χ3n) is 3.02. The van der Waals surface area contributed by atoms with Gasteiger partial charge in [0.15, 0.2) is 0 Å². The van der Waals surface area contributed by atoms with Crippen LogP contribution in [0.25, 0.3) is 11.0 Å². The Bertz CT molecular complexity index is 770. The van der Waals surface area contributed by atoms with Crippen LogP contribution >= 0.6 is 11.6 Å². The average molecular weight is 315 g/mol. The second-order valence-electron chi connectivity index (χ2n) is 4.54. The molecule has 1 N–H and O–H groups in total. The van der Waals surface area contributed by atoms with E-state index in [2.05, 4.69) is 33.6 Å². The zero-order valence-corrected chi connectivity index (χ0v) is 12.8. The Morgan fingerprint density at radius 1 is 1.50 bits per heavy atom. The number of aromatic nitrogens is 2. The van der Waals surface area contributed by atoms with Gasteiger partial charge in [-0.2, -0.15) is 0 Å². The summed E-state index contributed by atoms with van der Waals surface area (Å²) >= 11 is 6.03. The smallest absolute Gasteiger partial charge is 0.272 e. The quantitative estimate of drug-likeness (QED) is 0.681. The van der Waals surface area contributed by atoms with Crippen LogP contribution in [-0.2, 0) is 0 Å². The Hall–Kier alpha value is -2.53. The lowest BCUT2D eigenvalue weighted by atomic mass is 10.2. The van der Waals surface area contributed by atoms with Gasteiger partial charge in [0.2, 0.25) is 0 Å². The molecule has 0 bridgehead atoms. The van der Waals surface area contributed by atoms with Crippen molar-refractivity contribution in [2.45, 2.75) is 13.0 Å². The zero-order valence-electron chi connectivity index (χ0n) is 12.1. The molecule has 2 aromatic rings. The fourth-order valence-corrected chi connectivity index (χ4v) is 2.13. The Morgan fingerprint density at radius 2 is 2.27 bits per heavy atom. The minimum atomic E-state index is -0.347. The van der Waals surface area contributed by atoms with Gasteiger partial charge in [0.1, 0.15) is 11.2 Å². The molecule has 22 heavy (non-hydrogen) atoms. The minimum Gasteiger partial charge on any atom is -0.343 e. The standard InChI is InChI=1S/C16H15ClN4O/c1-4-6-12(18-3)10(2)20-16(22)14-9-19-15-11(17)7-5-8-13(15)21-14/h4-10H,1,3H2,2H3,(H,20,22)/b12-6-. The molecule has 5 nitrogen and oxygen atoms in total. The maximum atomic E-state index is 12.2. The molecule has 0 saturated carbocycles. The van der Waals surface area contributed by atoms with E-state index in [1.807, 2.05) is 0 Å². The molecule has 0 aliphatic rings. The number of fused-ring (bicyclic) bond motifs is 1. The van der Waals surface area contributed by atoms with Crippen molar-refractivity contribution in [3.63, 3.8) is 0 Å². The summed E-state index contributed by atoms with van der Waals surface area (Å²) in [7, 11) is 0. The van der Waals surface area contributed by atoms with Gasteiger partial charge in [0, 0.05) is 0 Å². The van der Waals surface area contributed by atoms with E-state index in [0.717, 1.165) is 0 Å². The number of rotatable bonds is 5. The number of amides is 1. The second kappa shape index (κ2) is 6.95.